The third kappa shape index (κ3) is 2.39. The van der Waals surface area contributed by atoms with Gasteiger partial charge in [-0.25, -0.2) is 0 Å². The van der Waals surface area contributed by atoms with E-state index in [1.807, 2.05) is 30.5 Å². The standard InChI is InChI=1S/C16H16N4O3/c1-9(21)20-8-12(22)7-14(20)16-18-15(19-23-16)11-2-3-13-10(6-11)4-5-17-13/h2-6,12,14,17,22H,7-8H2,1H3/t12-,14+/m0/s1. The summed E-state index contributed by atoms with van der Waals surface area (Å²) in [5.74, 6) is 0.731. The second-order valence-electron chi connectivity index (χ2n) is 5.81. The monoisotopic (exact) mass is 312 g/mol. The van der Waals surface area contributed by atoms with Crippen LogP contribution in [0.2, 0.25) is 0 Å². The number of likely N-dealkylation sites (tertiary alicyclic amines) is 1. The number of aromatic nitrogens is 3. The third-order valence-electron chi connectivity index (χ3n) is 4.22. The van der Waals surface area contributed by atoms with Crippen molar-refractivity contribution >= 4 is 16.8 Å². The van der Waals surface area contributed by atoms with E-state index in [4.69, 9.17) is 4.52 Å². The second kappa shape index (κ2) is 5.20. The molecule has 1 aliphatic rings. The van der Waals surface area contributed by atoms with Gasteiger partial charge in [0.05, 0.1) is 6.10 Å². The normalized spacial score (nSPS) is 21.2. The summed E-state index contributed by atoms with van der Waals surface area (Å²) >= 11 is 0. The van der Waals surface area contributed by atoms with Crippen molar-refractivity contribution in [3.05, 3.63) is 36.4 Å². The van der Waals surface area contributed by atoms with Crippen LogP contribution < -0.4 is 0 Å². The maximum Gasteiger partial charge on any atom is 0.249 e. The Hall–Kier alpha value is -2.67. The number of aromatic amines is 1. The van der Waals surface area contributed by atoms with E-state index in [1.54, 1.807) is 4.90 Å². The number of hydrogen-bond acceptors (Lipinski definition) is 5. The summed E-state index contributed by atoms with van der Waals surface area (Å²) < 4.78 is 5.35. The van der Waals surface area contributed by atoms with Gasteiger partial charge in [-0.05, 0) is 24.3 Å². The average molecular weight is 312 g/mol. The van der Waals surface area contributed by atoms with Crippen LogP contribution in [0.4, 0.5) is 0 Å². The Morgan fingerprint density at radius 3 is 3.13 bits per heavy atom. The zero-order valence-corrected chi connectivity index (χ0v) is 12.6. The first kappa shape index (κ1) is 14.0. The number of H-pyrrole nitrogens is 1. The van der Waals surface area contributed by atoms with Crippen molar-refractivity contribution in [2.24, 2.45) is 0 Å². The van der Waals surface area contributed by atoms with Crippen molar-refractivity contribution in [3.8, 4) is 11.4 Å². The van der Waals surface area contributed by atoms with Crippen molar-refractivity contribution in [1.29, 1.82) is 0 Å². The highest BCUT2D eigenvalue weighted by Gasteiger charge is 2.37. The minimum absolute atomic E-state index is 0.111. The number of amides is 1. The lowest BCUT2D eigenvalue weighted by Crippen LogP contribution is -2.29. The van der Waals surface area contributed by atoms with Crippen LogP contribution in [-0.4, -0.2) is 43.7 Å². The molecule has 2 atom stereocenters. The van der Waals surface area contributed by atoms with E-state index >= 15 is 0 Å². The van der Waals surface area contributed by atoms with E-state index in [9.17, 15) is 9.90 Å². The Morgan fingerprint density at radius 1 is 1.43 bits per heavy atom. The summed E-state index contributed by atoms with van der Waals surface area (Å²) in [6, 6.07) is 7.47. The van der Waals surface area contributed by atoms with E-state index in [0.29, 0.717) is 24.7 Å². The fraction of sp³-hybridized carbons (Fsp3) is 0.312. The Balaban J connectivity index is 1.67. The number of rotatable bonds is 2. The number of aliphatic hydroxyl groups excluding tert-OH is 1. The van der Waals surface area contributed by atoms with Crippen LogP contribution in [0.3, 0.4) is 0 Å². The van der Waals surface area contributed by atoms with Crippen molar-refractivity contribution < 1.29 is 14.4 Å². The lowest BCUT2D eigenvalue weighted by Gasteiger charge is -2.19. The number of aliphatic hydroxyl groups is 1. The Labute approximate surface area is 131 Å². The smallest absolute Gasteiger partial charge is 0.249 e. The van der Waals surface area contributed by atoms with Gasteiger partial charge in [0, 0.05) is 42.6 Å². The number of hydrogen-bond donors (Lipinski definition) is 2. The number of nitrogens with zero attached hydrogens (tertiary/aromatic N) is 3. The summed E-state index contributed by atoms with van der Waals surface area (Å²) in [5, 5.41) is 14.9. The zero-order chi connectivity index (χ0) is 16.0. The fourth-order valence-electron chi connectivity index (χ4n) is 3.08. The van der Waals surface area contributed by atoms with Crippen molar-refractivity contribution in [3.63, 3.8) is 0 Å². The molecule has 4 rings (SSSR count). The van der Waals surface area contributed by atoms with Crippen LogP contribution in [0.1, 0.15) is 25.3 Å². The van der Waals surface area contributed by atoms with Gasteiger partial charge in [-0.15, -0.1) is 0 Å². The molecule has 2 aromatic heterocycles. The summed E-state index contributed by atoms with van der Waals surface area (Å²) in [6.07, 6.45) is 1.73. The number of nitrogens with one attached hydrogen (secondary N) is 1. The highest BCUT2D eigenvalue weighted by molar-refractivity contribution is 5.83. The van der Waals surface area contributed by atoms with Crippen LogP contribution in [0.5, 0.6) is 0 Å². The lowest BCUT2D eigenvalue weighted by atomic mass is 10.1. The van der Waals surface area contributed by atoms with Gasteiger partial charge in [0.25, 0.3) is 0 Å². The van der Waals surface area contributed by atoms with Crippen molar-refractivity contribution in [1.82, 2.24) is 20.0 Å². The molecule has 0 bridgehead atoms. The molecule has 1 aliphatic heterocycles. The number of carbonyl (C=O) groups excluding carboxylic acids is 1. The van der Waals surface area contributed by atoms with Crippen LogP contribution in [-0.2, 0) is 4.79 Å². The average Bonchev–Trinajstić information content (AvgIpc) is 3.24. The molecule has 1 aromatic carbocycles. The van der Waals surface area contributed by atoms with E-state index in [1.165, 1.54) is 6.92 Å². The van der Waals surface area contributed by atoms with Gasteiger partial charge in [-0.3, -0.25) is 4.79 Å². The molecule has 3 aromatic rings. The number of benzene rings is 1. The molecule has 0 spiro atoms. The zero-order valence-electron chi connectivity index (χ0n) is 12.6. The van der Waals surface area contributed by atoms with Gasteiger partial charge >= 0.3 is 0 Å². The van der Waals surface area contributed by atoms with Gasteiger partial charge in [0.15, 0.2) is 0 Å². The van der Waals surface area contributed by atoms with Gasteiger partial charge < -0.3 is 19.5 Å². The fourth-order valence-corrected chi connectivity index (χ4v) is 3.08. The SMILES string of the molecule is CC(=O)N1C[C@@H](O)C[C@@H]1c1nc(-c2ccc3[nH]ccc3c2)no1. The second-order valence-corrected chi connectivity index (χ2v) is 5.81. The van der Waals surface area contributed by atoms with Crippen LogP contribution >= 0.6 is 0 Å². The van der Waals surface area contributed by atoms with Crippen molar-refractivity contribution in [2.45, 2.75) is 25.5 Å². The molecule has 0 unspecified atom stereocenters. The molecule has 1 saturated heterocycles. The summed E-state index contributed by atoms with van der Waals surface area (Å²) in [5.41, 5.74) is 1.89. The maximum atomic E-state index is 11.7. The first-order valence-corrected chi connectivity index (χ1v) is 7.48. The molecule has 7 nitrogen and oxygen atoms in total. The number of fused-ring (bicyclic) bond motifs is 1. The first-order valence-electron chi connectivity index (χ1n) is 7.48. The molecular formula is C16H16N4O3. The van der Waals surface area contributed by atoms with E-state index in [0.717, 1.165) is 16.5 Å². The summed E-state index contributed by atoms with van der Waals surface area (Å²) in [6.45, 7) is 1.77. The third-order valence-corrected chi connectivity index (χ3v) is 4.22. The van der Waals surface area contributed by atoms with Crippen LogP contribution in [0, 0.1) is 0 Å². The Kier molecular flexibility index (Phi) is 3.16. The summed E-state index contributed by atoms with van der Waals surface area (Å²) in [4.78, 5) is 20.8. The topological polar surface area (TPSA) is 95.2 Å². The first-order chi connectivity index (χ1) is 11.1. The van der Waals surface area contributed by atoms with Gasteiger partial charge in [-0.2, -0.15) is 4.98 Å². The molecule has 0 saturated carbocycles. The molecule has 7 heteroatoms. The molecule has 3 heterocycles. The van der Waals surface area contributed by atoms with Crippen molar-refractivity contribution in [2.75, 3.05) is 6.54 Å². The van der Waals surface area contributed by atoms with Crippen LogP contribution in [0.15, 0.2) is 35.0 Å². The molecule has 0 radical (unpaired) electrons. The molecule has 23 heavy (non-hydrogen) atoms. The molecule has 2 N–H and O–H groups in total. The van der Waals surface area contributed by atoms with Crippen LogP contribution in [0.25, 0.3) is 22.3 Å². The molecular weight excluding hydrogens is 296 g/mol. The maximum absolute atomic E-state index is 11.7. The molecule has 118 valence electrons. The van der Waals surface area contributed by atoms with Gasteiger partial charge in [-0.1, -0.05) is 5.16 Å². The number of β-amino-alcohol motifs (C(OH)–C–C–N with tert-alkyl or cyclic N) is 1. The van der Waals surface area contributed by atoms with Gasteiger partial charge in [0.1, 0.15) is 6.04 Å². The molecule has 1 amide bonds. The van der Waals surface area contributed by atoms with Gasteiger partial charge in [0.2, 0.25) is 17.6 Å². The largest absolute Gasteiger partial charge is 0.391 e. The highest BCUT2D eigenvalue weighted by Crippen LogP contribution is 2.32. The number of carbonyl (C=O) groups is 1. The predicted molar refractivity (Wildman–Crippen MR) is 82.3 cm³/mol. The molecule has 0 aliphatic carbocycles. The highest BCUT2D eigenvalue weighted by atomic mass is 16.5. The summed E-state index contributed by atoms with van der Waals surface area (Å²) in [7, 11) is 0. The Morgan fingerprint density at radius 2 is 2.30 bits per heavy atom. The molecule has 1 fully saturated rings. The quantitative estimate of drug-likeness (QED) is 0.753. The Bertz CT molecular complexity index is 869. The van der Waals surface area contributed by atoms with E-state index in [2.05, 4.69) is 15.1 Å². The predicted octanol–water partition coefficient (Wildman–Crippen LogP) is 1.87. The van der Waals surface area contributed by atoms with E-state index in [-0.39, 0.29) is 11.9 Å². The lowest BCUT2D eigenvalue weighted by molar-refractivity contribution is -0.130. The van der Waals surface area contributed by atoms with E-state index < -0.39 is 6.10 Å². The minimum atomic E-state index is -0.560. The minimum Gasteiger partial charge on any atom is -0.391 e.